The number of nitrogens with zero attached hydrogens (tertiary/aromatic N) is 1. The van der Waals surface area contributed by atoms with Gasteiger partial charge in [-0.3, -0.25) is 4.79 Å². The van der Waals surface area contributed by atoms with Crippen LogP contribution in [0.2, 0.25) is 5.02 Å². The lowest BCUT2D eigenvalue weighted by Crippen LogP contribution is -2.23. The molecule has 0 spiro atoms. The van der Waals surface area contributed by atoms with E-state index in [9.17, 15) is 4.79 Å². The molecular formula is C17H19ClN2O. The normalized spacial score (nSPS) is 14.2. The molecule has 1 aliphatic carbocycles. The van der Waals surface area contributed by atoms with Crippen LogP contribution in [0.3, 0.4) is 0 Å². The molecule has 110 valence electrons. The molecule has 0 saturated heterocycles. The highest BCUT2D eigenvalue weighted by Gasteiger charge is 2.26. The van der Waals surface area contributed by atoms with Crippen molar-refractivity contribution in [1.29, 1.82) is 0 Å². The van der Waals surface area contributed by atoms with E-state index in [1.807, 2.05) is 0 Å². The van der Waals surface area contributed by atoms with E-state index >= 15 is 0 Å². The van der Waals surface area contributed by atoms with E-state index in [1.165, 1.54) is 29.8 Å². The number of carbonyl (C=O) groups is 1. The van der Waals surface area contributed by atoms with Crippen molar-refractivity contribution in [3.8, 4) is 0 Å². The Hall–Kier alpha value is -1.74. The zero-order valence-corrected chi connectivity index (χ0v) is 13.1. The molecule has 1 aliphatic rings. The monoisotopic (exact) mass is 302 g/mol. The standard InChI is InChI=1S/C17H19ClN2O/c1-11-9-14(12(2)20(11)16-7-8-16)10-19-17(21)13-3-5-15(18)6-4-13/h3-6,9,16H,7-8,10H2,1-2H3,(H,19,21). The third kappa shape index (κ3) is 2.98. The van der Waals surface area contributed by atoms with Crippen LogP contribution in [-0.2, 0) is 6.54 Å². The van der Waals surface area contributed by atoms with E-state index in [0.717, 1.165) is 0 Å². The van der Waals surface area contributed by atoms with Gasteiger partial charge in [0.2, 0.25) is 0 Å². The number of halogens is 1. The van der Waals surface area contributed by atoms with Gasteiger partial charge in [0.15, 0.2) is 0 Å². The Bertz CT molecular complexity index is 669. The lowest BCUT2D eigenvalue weighted by Gasteiger charge is -2.09. The van der Waals surface area contributed by atoms with E-state index in [1.54, 1.807) is 24.3 Å². The number of nitrogens with one attached hydrogen (secondary N) is 1. The zero-order chi connectivity index (χ0) is 15.0. The Morgan fingerprint density at radius 3 is 2.57 bits per heavy atom. The molecule has 1 saturated carbocycles. The number of aromatic nitrogens is 1. The summed E-state index contributed by atoms with van der Waals surface area (Å²) in [6.07, 6.45) is 2.54. The minimum Gasteiger partial charge on any atom is -0.348 e. The summed E-state index contributed by atoms with van der Waals surface area (Å²) in [5.41, 5.74) is 4.38. The Morgan fingerprint density at radius 2 is 1.95 bits per heavy atom. The van der Waals surface area contributed by atoms with Gasteiger partial charge in [0.25, 0.3) is 5.91 Å². The van der Waals surface area contributed by atoms with Crippen LogP contribution in [0.25, 0.3) is 0 Å². The number of benzene rings is 1. The van der Waals surface area contributed by atoms with Gasteiger partial charge in [-0.05, 0) is 62.6 Å². The zero-order valence-electron chi connectivity index (χ0n) is 12.3. The van der Waals surface area contributed by atoms with Crippen molar-refractivity contribution in [2.45, 2.75) is 39.3 Å². The highest BCUT2D eigenvalue weighted by Crippen LogP contribution is 2.38. The number of hydrogen-bond acceptors (Lipinski definition) is 1. The average Bonchev–Trinajstić information content (AvgIpc) is 3.24. The first kappa shape index (κ1) is 14.2. The summed E-state index contributed by atoms with van der Waals surface area (Å²) in [5.74, 6) is -0.0668. The first-order valence-electron chi connectivity index (χ1n) is 7.27. The maximum absolute atomic E-state index is 12.1. The van der Waals surface area contributed by atoms with Crippen LogP contribution >= 0.6 is 11.6 Å². The Morgan fingerprint density at radius 1 is 1.29 bits per heavy atom. The molecule has 3 nitrogen and oxygen atoms in total. The van der Waals surface area contributed by atoms with E-state index in [0.29, 0.717) is 23.2 Å². The minimum absolute atomic E-state index is 0.0668. The molecule has 2 aromatic rings. The molecule has 1 fully saturated rings. The lowest BCUT2D eigenvalue weighted by molar-refractivity contribution is 0.0951. The molecule has 4 heteroatoms. The molecule has 0 aliphatic heterocycles. The first-order chi connectivity index (χ1) is 10.1. The van der Waals surface area contributed by atoms with Crippen LogP contribution in [0, 0.1) is 13.8 Å². The summed E-state index contributed by atoms with van der Waals surface area (Å²) < 4.78 is 2.39. The highest BCUT2D eigenvalue weighted by molar-refractivity contribution is 6.30. The highest BCUT2D eigenvalue weighted by atomic mass is 35.5. The Labute approximate surface area is 129 Å². The van der Waals surface area contributed by atoms with Gasteiger partial charge in [-0.25, -0.2) is 0 Å². The molecule has 1 amide bonds. The molecular weight excluding hydrogens is 284 g/mol. The molecule has 0 bridgehead atoms. The van der Waals surface area contributed by atoms with Crippen molar-refractivity contribution >= 4 is 17.5 Å². The van der Waals surface area contributed by atoms with Gasteiger partial charge in [-0.15, -0.1) is 0 Å². The molecule has 21 heavy (non-hydrogen) atoms. The molecule has 3 rings (SSSR count). The van der Waals surface area contributed by atoms with Crippen LogP contribution in [0.1, 0.15) is 46.2 Å². The van der Waals surface area contributed by atoms with E-state index in [4.69, 9.17) is 11.6 Å². The van der Waals surface area contributed by atoms with Crippen molar-refractivity contribution in [1.82, 2.24) is 9.88 Å². The predicted molar refractivity (Wildman–Crippen MR) is 84.8 cm³/mol. The third-order valence-corrected chi connectivity index (χ3v) is 4.30. The number of carbonyl (C=O) groups excluding carboxylic acids is 1. The minimum atomic E-state index is -0.0668. The topological polar surface area (TPSA) is 34.0 Å². The van der Waals surface area contributed by atoms with Gasteiger partial charge in [0, 0.05) is 34.6 Å². The molecule has 1 heterocycles. The van der Waals surface area contributed by atoms with Crippen LogP contribution in [0.15, 0.2) is 30.3 Å². The summed E-state index contributed by atoms with van der Waals surface area (Å²) in [7, 11) is 0. The Kier molecular flexibility index (Phi) is 3.77. The molecule has 0 radical (unpaired) electrons. The van der Waals surface area contributed by atoms with E-state index in [2.05, 4.69) is 29.8 Å². The van der Waals surface area contributed by atoms with Gasteiger partial charge in [-0.1, -0.05) is 11.6 Å². The number of rotatable bonds is 4. The maximum atomic E-state index is 12.1. The van der Waals surface area contributed by atoms with Crippen molar-refractivity contribution in [3.05, 3.63) is 57.9 Å². The lowest BCUT2D eigenvalue weighted by atomic mass is 10.2. The molecule has 0 atom stereocenters. The van der Waals surface area contributed by atoms with E-state index < -0.39 is 0 Å². The average molecular weight is 303 g/mol. The molecule has 0 unspecified atom stereocenters. The third-order valence-electron chi connectivity index (χ3n) is 4.05. The predicted octanol–water partition coefficient (Wildman–Crippen LogP) is 4.02. The summed E-state index contributed by atoms with van der Waals surface area (Å²) >= 11 is 5.83. The molecule has 1 N–H and O–H groups in total. The van der Waals surface area contributed by atoms with Gasteiger partial charge in [-0.2, -0.15) is 0 Å². The summed E-state index contributed by atoms with van der Waals surface area (Å²) in [6.45, 7) is 4.83. The number of hydrogen-bond donors (Lipinski definition) is 1. The van der Waals surface area contributed by atoms with Gasteiger partial charge >= 0.3 is 0 Å². The van der Waals surface area contributed by atoms with Gasteiger partial charge in [0.1, 0.15) is 0 Å². The fourth-order valence-corrected chi connectivity index (χ4v) is 2.92. The second-order valence-corrected chi connectivity index (χ2v) is 6.12. The van der Waals surface area contributed by atoms with Gasteiger partial charge < -0.3 is 9.88 Å². The smallest absolute Gasteiger partial charge is 0.251 e. The second kappa shape index (κ2) is 5.57. The SMILES string of the molecule is Cc1cc(CNC(=O)c2ccc(Cl)cc2)c(C)n1C1CC1. The van der Waals surface area contributed by atoms with Gasteiger partial charge in [0.05, 0.1) is 0 Å². The van der Waals surface area contributed by atoms with Crippen LogP contribution in [0.5, 0.6) is 0 Å². The van der Waals surface area contributed by atoms with Crippen molar-refractivity contribution < 1.29 is 4.79 Å². The second-order valence-electron chi connectivity index (χ2n) is 5.69. The fraction of sp³-hybridized carbons (Fsp3) is 0.353. The quantitative estimate of drug-likeness (QED) is 0.909. The van der Waals surface area contributed by atoms with Crippen molar-refractivity contribution in [3.63, 3.8) is 0 Å². The largest absolute Gasteiger partial charge is 0.348 e. The van der Waals surface area contributed by atoms with Crippen molar-refractivity contribution in [2.24, 2.45) is 0 Å². The fourth-order valence-electron chi connectivity index (χ4n) is 2.80. The first-order valence-corrected chi connectivity index (χ1v) is 7.65. The maximum Gasteiger partial charge on any atom is 0.251 e. The van der Waals surface area contributed by atoms with Crippen LogP contribution in [0.4, 0.5) is 0 Å². The Balaban J connectivity index is 1.69. The summed E-state index contributed by atoms with van der Waals surface area (Å²) in [4.78, 5) is 12.1. The van der Waals surface area contributed by atoms with Crippen LogP contribution in [-0.4, -0.2) is 10.5 Å². The van der Waals surface area contributed by atoms with Crippen LogP contribution < -0.4 is 5.32 Å². The summed E-state index contributed by atoms with van der Waals surface area (Å²) in [6, 6.07) is 9.79. The number of aryl methyl sites for hydroxylation is 1. The van der Waals surface area contributed by atoms with Crippen molar-refractivity contribution in [2.75, 3.05) is 0 Å². The molecule has 1 aromatic carbocycles. The number of amides is 1. The summed E-state index contributed by atoms with van der Waals surface area (Å²) in [5, 5.41) is 3.62. The molecule has 1 aromatic heterocycles. The van der Waals surface area contributed by atoms with E-state index in [-0.39, 0.29) is 5.91 Å².